The van der Waals surface area contributed by atoms with Gasteiger partial charge in [0.1, 0.15) is 12.4 Å². The molecule has 2 amide bonds. The van der Waals surface area contributed by atoms with Crippen LogP contribution < -0.4 is 15.0 Å². The van der Waals surface area contributed by atoms with Gasteiger partial charge in [-0.25, -0.2) is 4.79 Å². The third-order valence-electron chi connectivity index (χ3n) is 4.81. The van der Waals surface area contributed by atoms with Gasteiger partial charge in [-0.2, -0.15) is 0 Å². The number of nitrogens with one attached hydrogen (secondary N) is 1. The van der Waals surface area contributed by atoms with Crippen LogP contribution in [0.2, 0.25) is 0 Å². The number of hydrogen-bond acceptors (Lipinski definition) is 3. The maximum absolute atomic E-state index is 12.3. The molecule has 0 aliphatic carbocycles. The van der Waals surface area contributed by atoms with Gasteiger partial charge in [0, 0.05) is 31.9 Å². The summed E-state index contributed by atoms with van der Waals surface area (Å²) in [4.78, 5) is 16.5. The average Bonchev–Trinajstić information content (AvgIpc) is 2.68. The highest BCUT2D eigenvalue weighted by molar-refractivity contribution is 5.74. The van der Waals surface area contributed by atoms with E-state index in [0.717, 1.165) is 31.9 Å². The Hall–Kier alpha value is -2.69. The summed E-state index contributed by atoms with van der Waals surface area (Å²) in [6, 6.07) is 16.4. The van der Waals surface area contributed by atoms with E-state index in [1.807, 2.05) is 35.2 Å². The molecule has 2 aromatic carbocycles. The molecule has 0 unspecified atom stereocenters. The van der Waals surface area contributed by atoms with Gasteiger partial charge in [0.15, 0.2) is 0 Å². The average molecular weight is 353 g/mol. The van der Waals surface area contributed by atoms with Crippen molar-refractivity contribution in [2.45, 2.75) is 13.8 Å². The standard InChI is InChI=1S/C21H27N3O2/c1-17-8-9-20(16-18(17)2)26-15-10-22-21(25)24-13-11-23(12-14-24)19-6-4-3-5-7-19/h3-9,16H,10-15H2,1-2H3,(H,22,25). The summed E-state index contributed by atoms with van der Waals surface area (Å²) in [6.07, 6.45) is 0. The van der Waals surface area contributed by atoms with Crippen molar-refractivity contribution in [2.75, 3.05) is 44.2 Å². The van der Waals surface area contributed by atoms with E-state index in [0.29, 0.717) is 13.2 Å². The van der Waals surface area contributed by atoms with Crippen molar-refractivity contribution in [3.63, 3.8) is 0 Å². The van der Waals surface area contributed by atoms with Crippen LogP contribution in [0.1, 0.15) is 11.1 Å². The van der Waals surface area contributed by atoms with Crippen molar-refractivity contribution >= 4 is 11.7 Å². The van der Waals surface area contributed by atoms with E-state index in [1.54, 1.807) is 0 Å². The van der Waals surface area contributed by atoms with Gasteiger partial charge >= 0.3 is 6.03 Å². The lowest BCUT2D eigenvalue weighted by Crippen LogP contribution is -2.52. The predicted octanol–water partition coefficient (Wildman–Crippen LogP) is 3.21. The first-order valence-corrected chi connectivity index (χ1v) is 9.16. The van der Waals surface area contributed by atoms with Crippen molar-refractivity contribution < 1.29 is 9.53 Å². The van der Waals surface area contributed by atoms with E-state index in [1.165, 1.54) is 16.8 Å². The van der Waals surface area contributed by atoms with Crippen LogP contribution in [-0.2, 0) is 0 Å². The van der Waals surface area contributed by atoms with E-state index in [9.17, 15) is 4.79 Å². The monoisotopic (exact) mass is 353 g/mol. The Morgan fingerprint density at radius 1 is 1.00 bits per heavy atom. The summed E-state index contributed by atoms with van der Waals surface area (Å²) in [7, 11) is 0. The SMILES string of the molecule is Cc1ccc(OCCNC(=O)N2CCN(c3ccccc3)CC2)cc1C. The van der Waals surface area contributed by atoms with Gasteiger partial charge in [0.2, 0.25) is 0 Å². The third kappa shape index (κ3) is 4.69. The molecule has 1 N–H and O–H groups in total. The maximum atomic E-state index is 12.3. The van der Waals surface area contributed by atoms with Crippen LogP contribution in [0, 0.1) is 13.8 Å². The predicted molar refractivity (Wildman–Crippen MR) is 105 cm³/mol. The number of amides is 2. The van der Waals surface area contributed by atoms with Crippen LogP contribution in [0.25, 0.3) is 0 Å². The minimum absolute atomic E-state index is 0.0126. The van der Waals surface area contributed by atoms with Gasteiger partial charge in [-0.1, -0.05) is 24.3 Å². The minimum atomic E-state index is -0.0126. The number of para-hydroxylation sites is 1. The first-order valence-electron chi connectivity index (χ1n) is 9.16. The lowest BCUT2D eigenvalue weighted by molar-refractivity contribution is 0.191. The maximum Gasteiger partial charge on any atom is 0.317 e. The van der Waals surface area contributed by atoms with Crippen molar-refractivity contribution in [3.05, 3.63) is 59.7 Å². The molecule has 0 bridgehead atoms. The zero-order valence-corrected chi connectivity index (χ0v) is 15.6. The van der Waals surface area contributed by atoms with Crippen LogP contribution >= 0.6 is 0 Å². The van der Waals surface area contributed by atoms with Crippen LogP contribution in [0.4, 0.5) is 10.5 Å². The van der Waals surface area contributed by atoms with Crippen molar-refractivity contribution in [2.24, 2.45) is 0 Å². The van der Waals surface area contributed by atoms with Gasteiger partial charge in [0.05, 0.1) is 6.54 Å². The summed E-state index contributed by atoms with van der Waals surface area (Å²) in [5, 5.41) is 2.95. The zero-order chi connectivity index (χ0) is 18.4. The van der Waals surface area contributed by atoms with Crippen LogP contribution in [0.3, 0.4) is 0 Å². The fourth-order valence-electron chi connectivity index (χ4n) is 3.05. The number of nitrogens with zero attached hydrogens (tertiary/aromatic N) is 2. The Kier molecular flexibility index (Phi) is 6.00. The Balaban J connectivity index is 1.37. The molecule has 1 heterocycles. The topological polar surface area (TPSA) is 44.8 Å². The molecule has 3 rings (SSSR count). The molecule has 0 aromatic heterocycles. The van der Waals surface area contributed by atoms with Gasteiger partial charge in [-0.05, 0) is 49.2 Å². The van der Waals surface area contributed by atoms with E-state index in [2.05, 4.69) is 42.3 Å². The number of rotatable bonds is 5. The van der Waals surface area contributed by atoms with E-state index in [-0.39, 0.29) is 6.03 Å². The zero-order valence-electron chi connectivity index (χ0n) is 15.6. The lowest BCUT2D eigenvalue weighted by atomic mass is 10.1. The number of hydrogen-bond donors (Lipinski definition) is 1. The van der Waals surface area contributed by atoms with E-state index < -0.39 is 0 Å². The third-order valence-corrected chi connectivity index (χ3v) is 4.81. The van der Waals surface area contributed by atoms with Crippen molar-refractivity contribution in [3.8, 4) is 5.75 Å². The van der Waals surface area contributed by atoms with Crippen LogP contribution in [0.15, 0.2) is 48.5 Å². The molecule has 5 heteroatoms. The number of anilines is 1. The molecule has 1 aliphatic rings. The summed E-state index contributed by atoms with van der Waals surface area (Å²) in [5.41, 5.74) is 3.68. The number of urea groups is 1. The number of carbonyl (C=O) groups excluding carboxylic acids is 1. The number of benzene rings is 2. The molecule has 1 aliphatic heterocycles. The first kappa shape index (κ1) is 18.1. The molecule has 2 aromatic rings. The van der Waals surface area contributed by atoms with Gasteiger partial charge in [0.25, 0.3) is 0 Å². The smallest absolute Gasteiger partial charge is 0.317 e. The number of carbonyl (C=O) groups is 1. The largest absolute Gasteiger partial charge is 0.492 e. The second kappa shape index (κ2) is 8.61. The van der Waals surface area contributed by atoms with Crippen LogP contribution in [0.5, 0.6) is 5.75 Å². The normalized spacial score (nSPS) is 14.2. The number of piperazine rings is 1. The summed E-state index contributed by atoms with van der Waals surface area (Å²) >= 11 is 0. The first-order chi connectivity index (χ1) is 12.6. The van der Waals surface area contributed by atoms with Gasteiger partial charge < -0.3 is 19.9 Å². The van der Waals surface area contributed by atoms with E-state index >= 15 is 0 Å². The molecule has 0 saturated carbocycles. The van der Waals surface area contributed by atoms with Gasteiger partial charge in [-0.15, -0.1) is 0 Å². The number of ether oxygens (including phenoxy) is 1. The highest BCUT2D eigenvalue weighted by atomic mass is 16.5. The second-order valence-corrected chi connectivity index (χ2v) is 6.64. The molecule has 1 saturated heterocycles. The van der Waals surface area contributed by atoms with Gasteiger partial charge in [-0.3, -0.25) is 0 Å². The molecular weight excluding hydrogens is 326 g/mol. The summed E-state index contributed by atoms with van der Waals surface area (Å²) in [5.74, 6) is 0.846. The Morgan fingerprint density at radius 3 is 2.42 bits per heavy atom. The molecule has 0 atom stereocenters. The Morgan fingerprint density at radius 2 is 1.73 bits per heavy atom. The quantitative estimate of drug-likeness (QED) is 0.840. The fraction of sp³-hybridized carbons (Fsp3) is 0.381. The van der Waals surface area contributed by atoms with Crippen LogP contribution in [-0.4, -0.2) is 50.3 Å². The Bertz CT molecular complexity index is 725. The Labute approximate surface area is 155 Å². The molecule has 138 valence electrons. The van der Waals surface area contributed by atoms with E-state index in [4.69, 9.17) is 4.74 Å². The molecule has 0 spiro atoms. The second-order valence-electron chi connectivity index (χ2n) is 6.64. The molecule has 0 radical (unpaired) electrons. The van der Waals surface area contributed by atoms with Crippen molar-refractivity contribution in [1.82, 2.24) is 10.2 Å². The highest BCUT2D eigenvalue weighted by Gasteiger charge is 2.20. The molecule has 26 heavy (non-hydrogen) atoms. The summed E-state index contributed by atoms with van der Waals surface area (Å²) < 4.78 is 5.71. The number of aryl methyl sites for hydroxylation is 2. The minimum Gasteiger partial charge on any atom is -0.492 e. The molecular formula is C21H27N3O2. The van der Waals surface area contributed by atoms with Crippen molar-refractivity contribution in [1.29, 1.82) is 0 Å². The highest BCUT2D eigenvalue weighted by Crippen LogP contribution is 2.17. The molecule has 1 fully saturated rings. The lowest BCUT2D eigenvalue weighted by Gasteiger charge is -2.36. The molecule has 5 nitrogen and oxygen atoms in total. The summed E-state index contributed by atoms with van der Waals surface area (Å²) in [6.45, 7) is 8.31. The fourth-order valence-corrected chi connectivity index (χ4v) is 3.05.